The Morgan fingerprint density at radius 3 is 2.87 bits per heavy atom. The third-order valence-electron chi connectivity index (χ3n) is 1.96. The van der Waals surface area contributed by atoms with E-state index in [0.29, 0.717) is 18.4 Å². The number of terminal acetylenes is 1. The van der Waals surface area contributed by atoms with Crippen LogP contribution in [0, 0.1) is 27.2 Å². The van der Waals surface area contributed by atoms with Gasteiger partial charge in [0.25, 0.3) is 0 Å². The van der Waals surface area contributed by atoms with Crippen LogP contribution in [0.2, 0.25) is 0 Å². The number of carbonyl (C=O) groups is 1. The number of aryl methyl sites for hydroxylation is 1. The zero-order valence-electron chi connectivity index (χ0n) is 7.96. The van der Waals surface area contributed by atoms with Gasteiger partial charge in [-0.2, -0.15) is 5.26 Å². The molecule has 0 saturated heterocycles. The molecule has 0 radical (unpaired) electrons. The van der Waals surface area contributed by atoms with Crippen molar-refractivity contribution in [1.29, 1.82) is 5.26 Å². The number of carbonyl (C=O) groups excluding carboxylic acids is 1. The molecule has 0 N–H and O–H groups in total. The molecule has 3 heteroatoms. The summed E-state index contributed by atoms with van der Waals surface area (Å²) in [6.45, 7) is 0. The number of nitrogens with zero attached hydrogens (tertiary/aromatic N) is 1. The Morgan fingerprint density at radius 1 is 1.53 bits per heavy atom. The number of halogens is 1. The predicted octanol–water partition coefficient (Wildman–Crippen LogP) is 2.30. The fourth-order valence-electron chi connectivity index (χ4n) is 1.16. The smallest absolute Gasteiger partial charge is 0.205 e. The molecular weight excluding hydrogens is 301 g/mol. The van der Waals surface area contributed by atoms with Gasteiger partial charge in [0.2, 0.25) is 5.78 Å². The lowest BCUT2D eigenvalue weighted by Crippen LogP contribution is -1.98. The van der Waals surface area contributed by atoms with Gasteiger partial charge in [0.05, 0.1) is 11.6 Å². The van der Waals surface area contributed by atoms with E-state index in [1.165, 1.54) is 0 Å². The van der Waals surface area contributed by atoms with E-state index in [1.807, 2.05) is 6.07 Å². The molecule has 0 spiro atoms. The summed E-state index contributed by atoms with van der Waals surface area (Å²) in [4.78, 5) is 10.9. The molecule has 0 unspecified atom stereocenters. The van der Waals surface area contributed by atoms with E-state index in [4.69, 9.17) is 11.7 Å². The highest BCUT2D eigenvalue weighted by molar-refractivity contribution is 14.1. The lowest BCUT2D eigenvalue weighted by atomic mass is 10.1. The average molecular weight is 309 g/mol. The maximum Gasteiger partial charge on any atom is 0.205 e. The minimum atomic E-state index is -0.201. The van der Waals surface area contributed by atoms with E-state index in [1.54, 1.807) is 12.1 Å². The molecule has 1 aromatic rings. The highest BCUT2D eigenvalue weighted by atomic mass is 127. The summed E-state index contributed by atoms with van der Waals surface area (Å²) in [5.74, 6) is 1.88. The molecule has 15 heavy (non-hydrogen) atoms. The van der Waals surface area contributed by atoms with Gasteiger partial charge >= 0.3 is 0 Å². The molecular formula is C12H8INO. The second kappa shape index (κ2) is 5.53. The van der Waals surface area contributed by atoms with Gasteiger partial charge in [0.15, 0.2) is 0 Å². The van der Waals surface area contributed by atoms with E-state index in [0.717, 1.165) is 9.13 Å². The molecule has 0 fully saturated rings. The zero-order chi connectivity index (χ0) is 11.3. The molecule has 0 aliphatic rings. The van der Waals surface area contributed by atoms with Crippen LogP contribution in [0.15, 0.2) is 18.2 Å². The Labute approximate surface area is 102 Å². The monoisotopic (exact) mass is 309 g/mol. The number of hydrogen-bond acceptors (Lipinski definition) is 2. The Balaban J connectivity index is 2.82. The topological polar surface area (TPSA) is 40.9 Å². The van der Waals surface area contributed by atoms with E-state index in [-0.39, 0.29) is 5.78 Å². The summed E-state index contributed by atoms with van der Waals surface area (Å²) in [6, 6.07) is 7.49. The first kappa shape index (κ1) is 11.7. The van der Waals surface area contributed by atoms with E-state index < -0.39 is 0 Å². The average Bonchev–Trinajstić information content (AvgIpc) is 2.27. The van der Waals surface area contributed by atoms with Gasteiger partial charge in [0.1, 0.15) is 0 Å². The maximum atomic E-state index is 10.9. The van der Waals surface area contributed by atoms with Crippen LogP contribution < -0.4 is 0 Å². The fraction of sp³-hybridized carbons (Fsp3) is 0.167. The molecule has 2 nitrogen and oxygen atoms in total. The molecule has 0 aliphatic carbocycles. The second-order valence-corrected chi connectivity index (χ2v) is 4.15. The SMILES string of the molecule is C#CC(=O)CCc1cc(C#N)ccc1I. The fourth-order valence-corrected chi connectivity index (χ4v) is 1.76. The van der Waals surface area contributed by atoms with E-state index >= 15 is 0 Å². The Hall–Kier alpha value is -1.33. The third kappa shape index (κ3) is 3.38. The van der Waals surface area contributed by atoms with Crippen LogP contribution in [0.25, 0.3) is 0 Å². The molecule has 0 amide bonds. The van der Waals surface area contributed by atoms with Gasteiger partial charge in [-0.1, -0.05) is 0 Å². The van der Waals surface area contributed by atoms with Crippen molar-refractivity contribution in [2.24, 2.45) is 0 Å². The van der Waals surface area contributed by atoms with Gasteiger partial charge in [-0.3, -0.25) is 4.79 Å². The number of hydrogen-bond donors (Lipinski definition) is 0. The minimum absolute atomic E-state index is 0.201. The van der Waals surface area contributed by atoms with Crippen molar-refractivity contribution in [2.45, 2.75) is 12.8 Å². The molecule has 1 aromatic carbocycles. The molecule has 74 valence electrons. The van der Waals surface area contributed by atoms with Crippen LogP contribution >= 0.6 is 22.6 Å². The van der Waals surface area contributed by atoms with Gasteiger partial charge < -0.3 is 0 Å². The van der Waals surface area contributed by atoms with Gasteiger partial charge in [-0.25, -0.2) is 0 Å². The van der Waals surface area contributed by atoms with E-state index in [9.17, 15) is 4.79 Å². The zero-order valence-corrected chi connectivity index (χ0v) is 10.1. The van der Waals surface area contributed by atoms with E-state index in [2.05, 4.69) is 34.6 Å². The van der Waals surface area contributed by atoms with Crippen molar-refractivity contribution in [3.63, 3.8) is 0 Å². The Morgan fingerprint density at radius 2 is 2.27 bits per heavy atom. The molecule has 0 heterocycles. The summed E-state index contributed by atoms with van der Waals surface area (Å²) in [7, 11) is 0. The lowest BCUT2D eigenvalue weighted by molar-refractivity contribution is -0.113. The molecule has 1 rings (SSSR count). The van der Waals surface area contributed by atoms with Crippen LogP contribution in [-0.4, -0.2) is 5.78 Å². The highest BCUT2D eigenvalue weighted by Gasteiger charge is 2.04. The number of nitriles is 1. The summed E-state index contributed by atoms with van der Waals surface area (Å²) >= 11 is 2.18. The van der Waals surface area contributed by atoms with Crippen molar-refractivity contribution in [3.8, 4) is 18.4 Å². The summed E-state index contributed by atoms with van der Waals surface area (Å²) < 4.78 is 1.05. The molecule has 0 atom stereocenters. The standard InChI is InChI=1S/C12H8INO/c1-2-11(15)5-4-10-7-9(8-14)3-6-12(10)13/h1,3,6-7H,4-5H2. The largest absolute Gasteiger partial charge is 0.285 e. The number of ketones is 1. The first-order valence-electron chi connectivity index (χ1n) is 4.35. The van der Waals surface area contributed by atoms with Crippen LogP contribution in [-0.2, 0) is 11.2 Å². The van der Waals surface area contributed by atoms with Crippen LogP contribution in [0.3, 0.4) is 0 Å². The van der Waals surface area contributed by atoms with Crippen molar-refractivity contribution in [3.05, 3.63) is 32.9 Å². The number of benzene rings is 1. The van der Waals surface area contributed by atoms with Crippen molar-refractivity contribution in [1.82, 2.24) is 0 Å². The quantitative estimate of drug-likeness (QED) is 0.488. The molecule has 0 saturated carbocycles. The van der Waals surface area contributed by atoms with Crippen molar-refractivity contribution >= 4 is 28.4 Å². The summed E-state index contributed by atoms with van der Waals surface area (Å²) in [6.07, 6.45) is 5.91. The molecule has 0 aromatic heterocycles. The number of rotatable bonds is 3. The molecule has 0 aliphatic heterocycles. The first-order chi connectivity index (χ1) is 7.17. The highest BCUT2D eigenvalue weighted by Crippen LogP contribution is 2.16. The third-order valence-corrected chi connectivity index (χ3v) is 3.01. The Kier molecular flexibility index (Phi) is 4.33. The van der Waals surface area contributed by atoms with Crippen molar-refractivity contribution < 1.29 is 4.79 Å². The van der Waals surface area contributed by atoms with Crippen LogP contribution in [0.5, 0.6) is 0 Å². The lowest BCUT2D eigenvalue weighted by Gasteiger charge is -2.02. The van der Waals surface area contributed by atoms with Crippen molar-refractivity contribution in [2.75, 3.05) is 0 Å². The first-order valence-corrected chi connectivity index (χ1v) is 5.43. The summed E-state index contributed by atoms with van der Waals surface area (Å²) in [5.41, 5.74) is 1.61. The van der Waals surface area contributed by atoms with Gasteiger partial charge in [-0.15, -0.1) is 6.42 Å². The summed E-state index contributed by atoms with van der Waals surface area (Å²) in [5, 5.41) is 8.72. The van der Waals surface area contributed by atoms with Gasteiger partial charge in [0, 0.05) is 9.99 Å². The predicted molar refractivity (Wildman–Crippen MR) is 66.0 cm³/mol. The van der Waals surface area contributed by atoms with Crippen LogP contribution in [0.4, 0.5) is 0 Å². The van der Waals surface area contributed by atoms with Crippen LogP contribution in [0.1, 0.15) is 17.5 Å². The number of Topliss-reactive ketones (excluding diaryl/α,β-unsaturated/α-hetero) is 1. The van der Waals surface area contributed by atoms with Gasteiger partial charge in [-0.05, 0) is 58.7 Å². The maximum absolute atomic E-state index is 10.9. The Bertz CT molecular complexity index is 465. The second-order valence-electron chi connectivity index (χ2n) is 2.99. The normalized spacial score (nSPS) is 9.00. The minimum Gasteiger partial charge on any atom is -0.285 e. The molecule has 0 bridgehead atoms.